The highest BCUT2D eigenvalue weighted by molar-refractivity contribution is 6.76. The van der Waals surface area contributed by atoms with E-state index in [4.69, 9.17) is 14.5 Å². The van der Waals surface area contributed by atoms with E-state index in [0.29, 0.717) is 12.6 Å². The van der Waals surface area contributed by atoms with Gasteiger partial charge in [-0.1, -0.05) is 19.6 Å². The Morgan fingerprint density at radius 2 is 2.03 bits per heavy atom. The van der Waals surface area contributed by atoms with Crippen LogP contribution in [0.4, 0.5) is 4.79 Å². The second kappa shape index (κ2) is 10.0. The second-order valence-electron chi connectivity index (χ2n) is 10.8. The Hall–Kier alpha value is -3.24. The Bertz CT molecular complexity index is 1340. The molecular weight excluding hydrogens is 472 g/mol. The molecule has 2 atom stereocenters. The van der Waals surface area contributed by atoms with Gasteiger partial charge in [-0.3, -0.25) is 9.25 Å². The fourth-order valence-corrected chi connectivity index (χ4v) is 5.57. The molecule has 0 unspecified atom stereocenters. The number of carbonyl (C=O) groups is 1. The van der Waals surface area contributed by atoms with E-state index in [0.717, 1.165) is 54.3 Å². The predicted octanol–water partition coefficient (Wildman–Crippen LogP) is 5.27. The molecule has 9 nitrogen and oxygen atoms in total. The number of aryl methyl sites for hydroxylation is 1. The van der Waals surface area contributed by atoms with E-state index < -0.39 is 8.07 Å². The van der Waals surface area contributed by atoms with Crippen molar-refractivity contribution in [3.8, 4) is 11.4 Å². The summed E-state index contributed by atoms with van der Waals surface area (Å²) >= 11 is 0. The SMILES string of the molecule is Cn1nccc1-c1cc2cc([C@H]3CC[C@@H](OC(=O)n4ccnc4)C3)cnc2n1COCC[Si](C)(C)C. The number of rotatable bonds is 8. The van der Waals surface area contributed by atoms with Crippen molar-refractivity contribution in [3.05, 3.63) is 54.9 Å². The van der Waals surface area contributed by atoms with Crippen LogP contribution in [0.5, 0.6) is 0 Å². The van der Waals surface area contributed by atoms with Crippen molar-refractivity contribution in [2.24, 2.45) is 7.05 Å². The van der Waals surface area contributed by atoms with Gasteiger partial charge < -0.3 is 9.47 Å². The van der Waals surface area contributed by atoms with E-state index in [2.05, 4.69) is 46.4 Å². The zero-order chi connectivity index (χ0) is 25.3. The maximum Gasteiger partial charge on any atom is 0.419 e. The summed E-state index contributed by atoms with van der Waals surface area (Å²) in [7, 11) is 0.788. The summed E-state index contributed by atoms with van der Waals surface area (Å²) in [6.07, 6.45) is 10.5. The smallest absolute Gasteiger partial charge is 0.419 e. The van der Waals surface area contributed by atoms with Gasteiger partial charge in [-0.2, -0.15) is 5.10 Å². The van der Waals surface area contributed by atoms with Crippen LogP contribution in [0.1, 0.15) is 30.7 Å². The minimum absolute atomic E-state index is 0.102. The molecule has 1 fully saturated rings. The molecule has 0 N–H and O–H groups in total. The number of nitrogens with zero attached hydrogens (tertiary/aromatic N) is 6. The normalized spacial score (nSPS) is 18.2. The van der Waals surface area contributed by atoms with E-state index in [1.165, 1.54) is 16.5 Å². The molecular formula is C26H34N6O3Si. The van der Waals surface area contributed by atoms with Crippen LogP contribution < -0.4 is 0 Å². The van der Waals surface area contributed by atoms with Crippen molar-refractivity contribution in [2.45, 2.75) is 63.7 Å². The number of hydrogen-bond acceptors (Lipinski definition) is 6. The fraction of sp³-hybridized carbons (Fsp3) is 0.462. The van der Waals surface area contributed by atoms with Gasteiger partial charge in [0.2, 0.25) is 0 Å². The molecule has 1 aliphatic carbocycles. The number of imidazole rings is 1. The van der Waals surface area contributed by atoms with Gasteiger partial charge in [-0.05, 0) is 55.0 Å². The van der Waals surface area contributed by atoms with Crippen LogP contribution in [0.2, 0.25) is 25.7 Å². The summed E-state index contributed by atoms with van der Waals surface area (Å²) in [4.78, 5) is 21.1. The summed E-state index contributed by atoms with van der Waals surface area (Å²) < 4.78 is 17.2. The number of fused-ring (bicyclic) bond motifs is 1. The van der Waals surface area contributed by atoms with Gasteiger partial charge in [0.1, 0.15) is 24.8 Å². The summed E-state index contributed by atoms with van der Waals surface area (Å²) in [5.41, 5.74) is 4.15. The Morgan fingerprint density at radius 3 is 2.75 bits per heavy atom. The maximum atomic E-state index is 12.3. The molecule has 4 aromatic rings. The third-order valence-corrected chi connectivity index (χ3v) is 8.60. The molecule has 4 aromatic heterocycles. The molecule has 0 spiro atoms. The number of pyridine rings is 1. The van der Waals surface area contributed by atoms with Gasteiger partial charge >= 0.3 is 6.09 Å². The van der Waals surface area contributed by atoms with Crippen LogP contribution in [-0.4, -0.2) is 55.8 Å². The lowest BCUT2D eigenvalue weighted by atomic mass is 9.98. The Kier molecular flexibility index (Phi) is 6.81. The summed E-state index contributed by atoms with van der Waals surface area (Å²) in [6, 6.07) is 7.55. The minimum Gasteiger partial charge on any atom is -0.446 e. The van der Waals surface area contributed by atoms with E-state index in [1.807, 2.05) is 30.2 Å². The zero-order valence-electron chi connectivity index (χ0n) is 21.4. The van der Waals surface area contributed by atoms with Crippen molar-refractivity contribution in [3.63, 3.8) is 0 Å². The molecule has 4 heterocycles. The van der Waals surface area contributed by atoms with Gasteiger partial charge in [0.25, 0.3) is 0 Å². The lowest BCUT2D eigenvalue weighted by Crippen LogP contribution is -2.22. The molecule has 10 heteroatoms. The quantitative estimate of drug-likeness (QED) is 0.239. The first-order valence-electron chi connectivity index (χ1n) is 12.5. The lowest BCUT2D eigenvalue weighted by molar-refractivity contribution is 0.0908. The zero-order valence-corrected chi connectivity index (χ0v) is 22.4. The molecule has 5 rings (SSSR count). The number of aromatic nitrogens is 6. The van der Waals surface area contributed by atoms with E-state index in [9.17, 15) is 4.79 Å². The van der Waals surface area contributed by atoms with Crippen molar-refractivity contribution in [2.75, 3.05) is 6.61 Å². The molecule has 1 aliphatic rings. The number of hydrogen-bond donors (Lipinski definition) is 0. The van der Waals surface area contributed by atoms with Crippen molar-refractivity contribution < 1.29 is 14.3 Å². The first kappa shape index (κ1) is 24.5. The van der Waals surface area contributed by atoms with Crippen LogP contribution in [0, 0.1) is 0 Å². The fourth-order valence-electron chi connectivity index (χ4n) is 4.81. The van der Waals surface area contributed by atoms with Crippen LogP contribution >= 0.6 is 0 Å². The topological polar surface area (TPSA) is 89.0 Å². The molecule has 0 amide bonds. The molecule has 190 valence electrons. The summed E-state index contributed by atoms with van der Waals surface area (Å²) in [5, 5.41) is 5.44. The minimum atomic E-state index is -1.16. The molecule has 0 aromatic carbocycles. The average molecular weight is 507 g/mol. The highest BCUT2D eigenvalue weighted by atomic mass is 28.3. The Morgan fingerprint density at radius 1 is 1.17 bits per heavy atom. The van der Waals surface area contributed by atoms with Crippen molar-refractivity contribution in [1.82, 2.24) is 28.9 Å². The highest BCUT2D eigenvalue weighted by Gasteiger charge is 2.30. The molecule has 0 saturated heterocycles. The van der Waals surface area contributed by atoms with Crippen molar-refractivity contribution >= 4 is 25.2 Å². The molecule has 1 saturated carbocycles. The predicted molar refractivity (Wildman–Crippen MR) is 141 cm³/mol. The Labute approximate surface area is 212 Å². The second-order valence-corrected chi connectivity index (χ2v) is 16.4. The standard InChI is InChI=1S/C26H34N6O3Si/c1-30-23(7-8-29-30)24-15-20-13-21(16-28-25(20)32(24)18-34-11-12-36(2,3)4)19-5-6-22(14-19)35-26(33)31-10-9-27-17-31/h7-10,13,15-17,19,22H,5-6,11-12,14,18H2,1-4H3/t19-,22+/m0/s1. The van der Waals surface area contributed by atoms with E-state index in [-0.39, 0.29) is 12.2 Å². The largest absolute Gasteiger partial charge is 0.446 e. The van der Waals surface area contributed by atoms with Crippen LogP contribution in [0.15, 0.2) is 49.3 Å². The van der Waals surface area contributed by atoms with Gasteiger partial charge in [0.15, 0.2) is 0 Å². The molecule has 36 heavy (non-hydrogen) atoms. The van der Waals surface area contributed by atoms with Gasteiger partial charge in [-0.25, -0.2) is 19.3 Å². The average Bonchev–Trinajstić information content (AvgIpc) is 3.62. The third-order valence-electron chi connectivity index (χ3n) is 6.89. The Balaban J connectivity index is 1.35. The lowest BCUT2D eigenvalue weighted by Gasteiger charge is -2.17. The number of ether oxygens (including phenoxy) is 2. The van der Waals surface area contributed by atoms with E-state index >= 15 is 0 Å². The number of carbonyl (C=O) groups excluding carboxylic acids is 1. The van der Waals surface area contributed by atoms with Crippen LogP contribution in [-0.2, 0) is 23.3 Å². The first-order valence-corrected chi connectivity index (χ1v) is 16.2. The maximum absolute atomic E-state index is 12.3. The van der Waals surface area contributed by atoms with Gasteiger partial charge in [-0.15, -0.1) is 0 Å². The molecule has 0 radical (unpaired) electrons. The third kappa shape index (κ3) is 5.29. The highest BCUT2D eigenvalue weighted by Crippen LogP contribution is 2.37. The monoisotopic (exact) mass is 506 g/mol. The summed E-state index contributed by atoms with van der Waals surface area (Å²) in [5.74, 6) is 0.305. The van der Waals surface area contributed by atoms with Crippen LogP contribution in [0.25, 0.3) is 22.4 Å². The molecule has 0 bridgehead atoms. The summed E-state index contributed by atoms with van der Waals surface area (Å²) in [6.45, 7) is 8.28. The van der Waals surface area contributed by atoms with E-state index in [1.54, 1.807) is 12.4 Å². The van der Waals surface area contributed by atoms with Crippen LogP contribution in [0.3, 0.4) is 0 Å². The van der Waals surface area contributed by atoms with Gasteiger partial charge in [0, 0.05) is 51.9 Å². The van der Waals surface area contributed by atoms with Crippen molar-refractivity contribution in [1.29, 1.82) is 0 Å². The van der Waals surface area contributed by atoms with Gasteiger partial charge in [0.05, 0.1) is 11.4 Å². The first-order chi connectivity index (χ1) is 17.3. The molecule has 0 aliphatic heterocycles.